The lowest BCUT2D eigenvalue weighted by atomic mass is 10.3. The number of hydrogen-bond acceptors (Lipinski definition) is 4. The summed E-state index contributed by atoms with van der Waals surface area (Å²) < 4.78 is 0. The average molecular weight is 221 g/mol. The molecule has 0 saturated carbocycles. The van der Waals surface area contributed by atoms with Gasteiger partial charge < -0.3 is 10.6 Å². The first-order valence-electron chi connectivity index (χ1n) is 5.23. The Balaban J connectivity index is 1.71. The zero-order chi connectivity index (χ0) is 11.2. The molecule has 1 fully saturated rings. The fraction of sp³-hybridized carbons (Fsp3) is 0.400. The molecule has 6 nitrogen and oxygen atoms in total. The number of hydrogen-bond donors (Lipinski definition) is 4. The van der Waals surface area contributed by atoms with Gasteiger partial charge in [-0.2, -0.15) is 0 Å². The highest BCUT2D eigenvalue weighted by Crippen LogP contribution is 1.94. The van der Waals surface area contributed by atoms with E-state index in [1.165, 1.54) is 0 Å². The molecule has 1 aromatic rings. The minimum absolute atomic E-state index is 0.147. The van der Waals surface area contributed by atoms with Gasteiger partial charge in [0.15, 0.2) is 0 Å². The molecular formula is C10H15N5O. The predicted octanol–water partition coefficient (Wildman–Crippen LogP) is -0.643. The number of carbonyl (C=O) groups excluding carboxylic acids is 1. The van der Waals surface area contributed by atoms with E-state index in [4.69, 9.17) is 0 Å². The molecule has 0 unspecified atom stereocenters. The van der Waals surface area contributed by atoms with Gasteiger partial charge in [0.05, 0.1) is 6.04 Å². The zero-order valence-electron chi connectivity index (χ0n) is 8.86. The number of urea groups is 1. The lowest BCUT2D eigenvalue weighted by molar-refractivity contribution is 0.238. The molecule has 2 heterocycles. The molecule has 0 aromatic carbocycles. The van der Waals surface area contributed by atoms with Crippen molar-refractivity contribution in [2.75, 3.05) is 13.1 Å². The van der Waals surface area contributed by atoms with E-state index in [1.807, 2.05) is 12.1 Å². The SMILES string of the molecule is O=C(NCc1cccnc1)NC1CNNC1. The van der Waals surface area contributed by atoms with Crippen molar-refractivity contribution in [3.05, 3.63) is 30.1 Å². The summed E-state index contributed by atoms with van der Waals surface area (Å²) >= 11 is 0. The summed E-state index contributed by atoms with van der Waals surface area (Å²) in [6.07, 6.45) is 3.44. The number of nitrogens with zero attached hydrogens (tertiary/aromatic N) is 1. The number of hydrazine groups is 1. The Morgan fingerprint density at radius 3 is 3.00 bits per heavy atom. The zero-order valence-corrected chi connectivity index (χ0v) is 8.86. The third kappa shape index (κ3) is 3.18. The van der Waals surface area contributed by atoms with E-state index >= 15 is 0 Å². The smallest absolute Gasteiger partial charge is 0.315 e. The lowest BCUT2D eigenvalue weighted by Gasteiger charge is -2.11. The van der Waals surface area contributed by atoms with Crippen LogP contribution in [-0.2, 0) is 6.54 Å². The highest BCUT2D eigenvalue weighted by atomic mass is 16.2. The van der Waals surface area contributed by atoms with E-state index in [-0.39, 0.29) is 12.1 Å². The molecule has 0 radical (unpaired) electrons. The average Bonchev–Trinajstić information content (AvgIpc) is 2.81. The van der Waals surface area contributed by atoms with Gasteiger partial charge in [-0.1, -0.05) is 6.07 Å². The molecule has 86 valence electrons. The molecule has 0 spiro atoms. The Morgan fingerprint density at radius 2 is 2.31 bits per heavy atom. The minimum atomic E-state index is -0.153. The number of carbonyl (C=O) groups is 1. The van der Waals surface area contributed by atoms with Gasteiger partial charge in [-0.3, -0.25) is 15.8 Å². The lowest BCUT2D eigenvalue weighted by Crippen LogP contribution is -2.44. The van der Waals surface area contributed by atoms with E-state index in [9.17, 15) is 4.79 Å². The van der Waals surface area contributed by atoms with Crippen molar-refractivity contribution in [2.24, 2.45) is 0 Å². The normalized spacial score (nSPS) is 16.0. The summed E-state index contributed by atoms with van der Waals surface area (Å²) in [6.45, 7) is 1.99. The quantitative estimate of drug-likeness (QED) is 0.547. The maximum absolute atomic E-state index is 11.5. The highest BCUT2D eigenvalue weighted by molar-refractivity contribution is 5.74. The van der Waals surface area contributed by atoms with Crippen LogP contribution >= 0.6 is 0 Å². The number of pyridine rings is 1. The van der Waals surface area contributed by atoms with Gasteiger partial charge in [-0.05, 0) is 11.6 Å². The van der Waals surface area contributed by atoms with E-state index in [0.717, 1.165) is 18.7 Å². The summed E-state index contributed by atoms with van der Waals surface area (Å²) in [4.78, 5) is 15.4. The Bertz CT molecular complexity index is 336. The Labute approximate surface area is 93.8 Å². The Kier molecular flexibility index (Phi) is 3.68. The van der Waals surface area contributed by atoms with Crippen molar-refractivity contribution in [1.29, 1.82) is 0 Å². The molecule has 1 aliphatic heterocycles. The monoisotopic (exact) mass is 221 g/mol. The molecule has 16 heavy (non-hydrogen) atoms. The topological polar surface area (TPSA) is 78.1 Å². The van der Waals surface area contributed by atoms with Crippen molar-refractivity contribution in [2.45, 2.75) is 12.6 Å². The van der Waals surface area contributed by atoms with Crippen molar-refractivity contribution >= 4 is 6.03 Å². The second kappa shape index (κ2) is 5.43. The number of aromatic nitrogens is 1. The van der Waals surface area contributed by atoms with Crippen LogP contribution in [0.2, 0.25) is 0 Å². The molecule has 1 saturated heterocycles. The van der Waals surface area contributed by atoms with Crippen LogP contribution < -0.4 is 21.5 Å². The van der Waals surface area contributed by atoms with Crippen LogP contribution in [0, 0.1) is 0 Å². The van der Waals surface area contributed by atoms with Gasteiger partial charge in [0.2, 0.25) is 0 Å². The van der Waals surface area contributed by atoms with Gasteiger partial charge in [0, 0.05) is 32.0 Å². The van der Waals surface area contributed by atoms with Gasteiger partial charge in [-0.25, -0.2) is 4.79 Å². The van der Waals surface area contributed by atoms with E-state index < -0.39 is 0 Å². The van der Waals surface area contributed by atoms with Gasteiger partial charge in [0.1, 0.15) is 0 Å². The first kappa shape index (κ1) is 10.8. The van der Waals surface area contributed by atoms with Gasteiger partial charge >= 0.3 is 6.03 Å². The van der Waals surface area contributed by atoms with E-state index in [0.29, 0.717) is 6.54 Å². The second-order valence-corrected chi connectivity index (χ2v) is 3.65. The number of rotatable bonds is 3. The predicted molar refractivity (Wildman–Crippen MR) is 59.4 cm³/mol. The third-order valence-electron chi connectivity index (χ3n) is 2.33. The van der Waals surface area contributed by atoms with Crippen LogP contribution in [0.5, 0.6) is 0 Å². The molecule has 0 bridgehead atoms. The summed E-state index contributed by atoms with van der Waals surface area (Å²) in [5.41, 5.74) is 6.88. The molecule has 4 N–H and O–H groups in total. The summed E-state index contributed by atoms with van der Waals surface area (Å²) in [5.74, 6) is 0. The fourth-order valence-corrected chi connectivity index (χ4v) is 1.49. The van der Waals surface area contributed by atoms with E-state index in [2.05, 4.69) is 26.5 Å². The van der Waals surface area contributed by atoms with Crippen LogP contribution in [0.25, 0.3) is 0 Å². The van der Waals surface area contributed by atoms with Crippen LogP contribution in [0.15, 0.2) is 24.5 Å². The number of nitrogens with one attached hydrogen (secondary N) is 4. The molecule has 1 aromatic heterocycles. The standard InChI is InChI=1S/C10H15N5O/c16-10(15-9-6-13-14-7-9)12-5-8-2-1-3-11-4-8/h1-4,9,13-14H,5-7H2,(H2,12,15,16). The maximum atomic E-state index is 11.5. The van der Waals surface area contributed by atoms with Crippen molar-refractivity contribution in [1.82, 2.24) is 26.5 Å². The Morgan fingerprint density at radius 1 is 1.50 bits per heavy atom. The maximum Gasteiger partial charge on any atom is 0.315 e. The Hall–Kier alpha value is -1.66. The summed E-state index contributed by atoms with van der Waals surface area (Å²) in [5, 5.41) is 5.63. The van der Waals surface area contributed by atoms with Gasteiger partial charge in [0.25, 0.3) is 0 Å². The van der Waals surface area contributed by atoms with Crippen LogP contribution in [0.3, 0.4) is 0 Å². The van der Waals surface area contributed by atoms with Crippen LogP contribution in [0.4, 0.5) is 4.79 Å². The fourth-order valence-electron chi connectivity index (χ4n) is 1.49. The minimum Gasteiger partial charge on any atom is -0.334 e. The van der Waals surface area contributed by atoms with Crippen LogP contribution in [-0.4, -0.2) is 30.1 Å². The molecule has 2 rings (SSSR count). The molecular weight excluding hydrogens is 206 g/mol. The second-order valence-electron chi connectivity index (χ2n) is 3.65. The van der Waals surface area contributed by atoms with Crippen LogP contribution in [0.1, 0.15) is 5.56 Å². The summed E-state index contributed by atoms with van der Waals surface area (Å²) in [6, 6.07) is 3.76. The molecule has 0 aliphatic carbocycles. The van der Waals surface area contributed by atoms with Crippen molar-refractivity contribution < 1.29 is 4.79 Å². The van der Waals surface area contributed by atoms with E-state index in [1.54, 1.807) is 12.4 Å². The highest BCUT2D eigenvalue weighted by Gasteiger charge is 2.15. The van der Waals surface area contributed by atoms with Gasteiger partial charge in [-0.15, -0.1) is 0 Å². The molecule has 2 amide bonds. The number of amides is 2. The largest absolute Gasteiger partial charge is 0.334 e. The third-order valence-corrected chi connectivity index (χ3v) is 2.33. The summed E-state index contributed by atoms with van der Waals surface area (Å²) in [7, 11) is 0. The van der Waals surface area contributed by atoms with Crippen molar-refractivity contribution in [3.63, 3.8) is 0 Å². The molecule has 6 heteroatoms. The first-order valence-corrected chi connectivity index (χ1v) is 5.23. The first-order chi connectivity index (χ1) is 7.84. The molecule has 1 aliphatic rings. The van der Waals surface area contributed by atoms with Crippen molar-refractivity contribution in [3.8, 4) is 0 Å². The molecule has 0 atom stereocenters.